The molecule has 5 heteroatoms. The maximum absolute atomic E-state index is 12.0. The predicted octanol–water partition coefficient (Wildman–Crippen LogP) is 1.38. The van der Waals surface area contributed by atoms with Crippen LogP contribution < -0.4 is 0 Å². The first-order valence-corrected chi connectivity index (χ1v) is 6.06. The quantitative estimate of drug-likeness (QED) is 0.760. The minimum absolute atomic E-state index is 0.0439. The maximum Gasteiger partial charge on any atom is 0.272 e. The number of rotatable bonds is 1. The Labute approximate surface area is 106 Å². The van der Waals surface area contributed by atoms with E-state index in [-0.39, 0.29) is 5.91 Å². The summed E-state index contributed by atoms with van der Waals surface area (Å²) in [7, 11) is 1.82. The lowest BCUT2D eigenvalue weighted by atomic mass is 10.3. The van der Waals surface area contributed by atoms with Crippen molar-refractivity contribution in [2.75, 3.05) is 13.6 Å². The first-order valence-electron chi connectivity index (χ1n) is 6.06. The molecule has 1 aliphatic rings. The van der Waals surface area contributed by atoms with Crippen molar-refractivity contribution in [3.05, 3.63) is 35.3 Å². The van der Waals surface area contributed by atoms with Gasteiger partial charge in [0.15, 0.2) is 5.82 Å². The Bertz CT molecular complexity index is 603. The van der Waals surface area contributed by atoms with Gasteiger partial charge in [-0.25, -0.2) is 0 Å². The van der Waals surface area contributed by atoms with Crippen molar-refractivity contribution in [2.24, 2.45) is 0 Å². The molecule has 5 nitrogen and oxygen atoms in total. The molecule has 0 unspecified atom stereocenters. The lowest BCUT2D eigenvalue weighted by Crippen LogP contribution is -2.37. The van der Waals surface area contributed by atoms with Crippen LogP contribution in [0, 0.1) is 13.8 Å². The van der Waals surface area contributed by atoms with Gasteiger partial charge in [0.25, 0.3) is 5.91 Å². The highest BCUT2D eigenvalue weighted by Gasteiger charge is 2.24. The van der Waals surface area contributed by atoms with Gasteiger partial charge in [0.2, 0.25) is 0 Å². The number of likely N-dealkylation sites (N-methyl/N-ethyl adjacent to an activating group) is 1. The van der Waals surface area contributed by atoms with Gasteiger partial charge in [-0.2, -0.15) is 5.10 Å². The van der Waals surface area contributed by atoms with Gasteiger partial charge in [-0.15, -0.1) is 0 Å². The largest absolute Gasteiger partial charge is 0.339 e. The second-order valence-corrected chi connectivity index (χ2v) is 4.79. The molecule has 0 atom stereocenters. The first kappa shape index (κ1) is 11.1. The van der Waals surface area contributed by atoms with E-state index in [1.807, 2.05) is 27.0 Å². The lowest BCUT2D eigenvalue weighted by Gasteiger charge is -2.22. The molecule has 18 heavy (non-hydrogen) atoms. The number of amides is 1. The second kappa shape index (κ2) is 3.73. The number of aromatic nitrogens is 3. The van der Waals surface area contributed by atoms with Crippen LogP contribution in [0.4, 0.5) is 0 Å². The number of nitrogens with zero attached hydrogens (tertiary/aromatic N) is 4. The summed E-state index contributed by atoms with van der Waals surface area (Å²) in [6.07, 6.45) is 0. The topological polar surface area (TPSA) is 43.1 Å². The molecule has 0 saturated carbocycles. The van der Waals surface area contributed by atoms with E-state index in [0.29, 0.717) is 5.69 Å². The maximum atomic E-state index is 12.0. The van der Waals surface area contributed by atoms with E-state index < -0.39 is 0 Å². The van der Waals surface area contributed by atoms with Gasteiger partial charge in [-0.1, -0.05) is 0 Å². The van der Waals surface area contributed by atoms with Crippen LogP contribution in [0.5, 0.6) is 0 Å². The minimum atomic E-state index is 0.0439. The summed E-state index contributed by atoms with van der Waals surface area (Å²) in [5, 5.41) is 4.53. The molecule has 0 aromatic carbocycles. The number of hydrogen-bond acceptors (Lipinski definition) is 2. The summed E-state index contributed by atoms with van der Waals surface area (Å²) >= 11 is 0. The zero-order chi connectivity index (χ0) is 12.9. The molecule has 3 heterocycles. The first-order chi connectivity index (χ1) is 8.58. The van der Waals surface area contributed by atoms with Crippen LogP contribution in [0.2, 0.25) is 0 Å². The Morgan fingerprint density at radius 3 is 2.50 bits per heavy atom. The molecule has 0 radical (unpaired) electrons. The van der Waals surface area contributed by atoms with Crippen LogP contribution in [0.25, 0.3) is 5.82 Å². The predicted molar refractivity (Wildman–Crippen MR) is 68.0 cm³/mol. The monoisotopic (exact) mass is 244 g/mol. The Balaban J connectivity index is 2.12. The number of hydrogen-bond donors (Lipinski definition) is 0. The number of fused-ring (bicyclic) bond motifs is 1. The van der Waals surface area contributed by atoms with Gasteiger partial charge in [0, 0.05) is 31.0 Å². The molecule has 1 amide bonds. The summed E-state index contributed by atoms with van der Waals surface area (Å²) in [4.78, 5) is 13.8. The van der Waals surface area contributed by atoms with Crippen molar-refractivity contribution < 1.29 is 4.79 Å². The SMILES string of the molecule is Cc1ccc(C)n1-c1cc2n(n1)CCN(C)C2=O. The lowest BCUT2D eigenvalue weighted by molar-refractivity contribution is 0.0743. The van der Waals surface area contributed by atoms with E-state index in [1.54, 1.807) is 9.58 Å². The van der Waals surface area contributed by atoms with E-state index in [0.717, 1.165) is 30.3 Å². The van der Waals surface area contributed by atoms with Crippen molar-refractivity contribution in [1.29, 1.82) is 0 Å². The molecule has 1 aliphatic heterocycles. The molecule has 2 aromatic heterocycles. The van der Waals surface area contributed by atoms with Crippen LogP contribution >= 0.6 is 0 Å². The standard InChI is InChI=1S/C13H16N4O/c1-9-4-5-10(2)17(9)12-8-11-13(18)15(3)6-7-16(11)14-12/h4-5,8H,6-7H2,1-3H3. The molecule has 0 N–H and O–H groups in total. The highest BCUT2D eigenvalue weighted by molar-refractivity contribution is 5.93. The van der Waals surface area contributed by atoms with Gasteiger partial charge in [0.05, 0.1) is 6.54 Å². The molecule has 0 spiro atoms. The summed E-state index contributed by atoms with van der Waals surface area (Å²) in [6, 6.07) is 5.99. The molecule has 0 aliphatic carbocycles. The van der Waals surface area contributed by atoms with Crippen LogP contribution in [0.3, 0.4) is 0 Å². The fraction of sp³-hybridized carbons (Fsp3) is 0.385. The van der Waals surface area contributed by atoms with E-state index in [1.165, 1.54) is 0 Å². The zero-order valence-corrected chi connectivity index (χ0v) is 10.8. The fourth-order valence-corrected chi connectivity index (χ4v) is 2.43. The van der Waals surface area contributed by atoms with Crippen LogP contribution in [0.15, 0.2) is 18.2 Å². The van der Waals surface area contributed by atoms with Crippen molar-refractivity contribution in [1.82, 2.24) is 19.2 Å². The van der Waals surface area contributed by atoms with Crippen molar-refractivity contribution in [3.8, 4) is 5.82 Å². The molecular weight excluding hydrogens is 228 g/mol. The highest BCUT2D eigenvalue weighted by atomic mass is 16.2. The summed E-state index contributed by atoms with van der Waals surface area (Å²) < 4.78 is 3.87. The van der Waals surface area contributed by atoms with Gasteiger partial charge in [0.1, 0.15) is 5.69 Å². The van der Waals surface area contributed by atoms with Gasteiger partial charge >= 0.3 is 0 Å². The normalized spacial score (nSPS) is 15.1. The summed E-state index contributed by atoms with van der Waals surface area (Å²) in [6.45, 7) is 5.56. The van der Waals surface area contributed by atoms with E-state index >= 15 is 0 Å². The number of carbonyl (C=O) groups is 1. The average molecular weight is 244 g/mol. The van der Waals surface area contributed by atoms with Gasteiger partial charge in [-0.05, 0) is 26.0 Å². The molecule has 0 saturated heterocycles. The third-order valence-electron chi connectivity index (χ3n) is 3.48. The van der Waals surface area contributed by atoms with E-state index in [4.69, 9.17) is 0 Å². The molecule has 94 valence electrons. The van der Waals surface area contributed by atoms with Gasteiger partial charge in [-0.3, -0.25) is 9.48 Å². The van der Waals surface area contributed by atoms with Crippen LogP contribution in [-0.4, -0.2) is 38.7 Å². The van der Waals surface area contributed by atoms with Crippen molar-refractivity contribution in [3.63, 3.8) is 0 Å². The van der Waals surface area contributed by atoms with Gasteiger partial charge < -0.3 is 9.47 Å². The molecule has 2 aromatic rings. The third kappa shape index (κ3) is 1.47. The van der Waals surface area contributed by atoms with Crippen LogP contribution in [0.1, 0.15) is 21.9 Å². The molecular formula is C13H16N4O. The Morgan fingerprint density at radius 1 is 1.17 bits per heavy atom. The van der Waals surface area contributed by atoms with Crippen molar-refractivity contribution in [2.45, 2.75) is 20.4 Å². The highest BCUT2D eigenvalue weighted by Crippen LogP contribution is 2.19. The Hall–Kier alpha value is -2.04. The smallest absolute Gasteiger partial charge is 0.272 e. The Morgan fingerprint density at radius 2 is 1.83 bits per heavy atom. The summed E-state index contributed by atoms with van der Waals surface area (Å²) in [5.74, 6) is 0.871. The summed E-state index contributed by atoms with van der Waals surface area (Å²) in [5.41, 5.74) is 2.93. The average Bonchev–Trinajstić information content (AvgIpc) is 2.88. The number of aryl methyl sites for hydroxylation is 2. The van der Waals surface area contributed by atoms with E-state index in [2.05, 4.69) is 21.8 Å². The fourth-order valence-electron chi connectivity index (χ4n) is 2.43. The zero-order valence-electron chi connectivity index (χ0n) is 10.8. The van der Waals surface area contributed by atoms with E-state index in [9.17, 15) is 4.79 Å². The van der Waals surface area contributed by atoms with Crippen molar-refractivity contribution >= 4 is 5.91 Å². The molecule has 3 rings (SSSR count). The van der Waals surface area contributed by atoms with Crippen LogP contribution in [-0.2, 0) is 6.54 Å². The minimum Gasteiger partial charge on any atom is -0.339 e. The Kier molecular flexibility index (Phi) is 2.29. The molecule has 0 bridgehead atoms. The second-order valence-electron chi connectivity index (χ2n) is 4.79. The number of carbonyl (C=O) groups excluding carboxylic acids is 1. The molecule has 0 fully saturated rings. The third-order valence-corrected chi connectivity index (χ3v) is 3.48.